The second kappa shape index (κ2) is 8.34. The molecule has 2 rings (SSSR count). The van der Waals surface area contributed by atoms with Crippen molar-refractivity contribution in [2.75, 3.05) is 38.1 Å². The Hall–Kier alpha value is -2.56. The summed E-state index contributed by atoms with van der Waals surface area (Å²) in [6.45, 7) is 5.18. The van der Waals surface area contributed by atoms with E-state index < -0.39 is 0 Å². The van der Waals surface area contributed by atoms with Crippen LogP contribution in [0.25, 0.3) is 10.8 Å². The first kappa shape index (κ1) is 17.8. The number of nitrogens with one attached hydrogen (secondary N) is 1. The van der Waals surface area contributed by atoms with Crippen molar-refractivity contribution in [3.63, 3.8) is 0 Å². The second-order valence-electron chi connectivity index (χ2n) is 5.75. The Bertz CT molecular complexity index is 715. The molecule has 0 saturated heterocycles. The van der Waals surface area contributed by atoms with Gasteiger partial charge in [0.2, 0.25) is 11.8 Å². The Morgan fingerprint density at radius 1 is 1.00 bits per heavy atom. The molecule has 1 N–H and O–H groups in total. The summed E-state index contributed by atoms with van der Waals surface area (Å²) in [5, 5.41) is 5.04. The fourth-order valence-corrected chi connectivity index (χ4v) is 2.61. The molecule has 0 radical (unpaired) electrons. The summed E-state index contributed by atoms with van der Waals surface area (Å²) in [5.74, 6) is -0.180. The van der Waals surface area contributed by atoms with Gasteiger partial charge in [0.15, 0.2) is 0 Å². The van der Waals surface area contributed by atoms with Gasteiger partial charge in [0, 0.05) is 25.8 Å². The largest absolute Gasteiger partial charge is 0.365 e. The van der Waals surface area contributed by atoms with Gasteiger partial charge in [-0.1, -0.05) is 30.3 Å². The van der Waals surface area contributed by atoms with Crippen LogP contribution in [0.4, 0.5) is 5.69 Å². The molecular formula is C19H25N3O2. The maximum absolute atomic E-state index is 12.5. The van der Waals surface area contributed by atoms with Gasteiger partial charge in [-0.15, -0.1) is 0 Å². The van der Waals surface area contributed by atoms with Crippen LogP contribution in [0.1, 0.15) is 13.8 Å². The Morgan fingerprint density at radius 2 is 1.71 bits per heavy atom. The van der Waals surface area contributed by atoms with Crippen LogP contribution in [0.3, 0.4) is 0 Å². The maximum atomic E-state index is 12.5. The second-order valence-corrected chi connectivity index (χ2v) is 5.75. The lowest BCUT2D eigenvalue weighted by atomic mass is 10.1. The lowest BCUT2D eigenvalue weighted by Crippen LogP contribution is -2.44. The van der Waals surface area contributed by atoms with Gasteiger partial charge in [0.25, 0.3) is 0 Å². The molecule has 0 fully saturated rings. The van der Waals surface area contributed by atoms with Gasteiger partial charge in [-0.25, -0.2) is 0 Å². The molecule has 24 heavy (non-hydrogen) atoms. The molecule has 128 valence electrons. The van der Waals surface area contributed by atoms with Crippen LogP contribution in [-0.4, -0.2) is 49.9 Å². The molecule has 0 spiro atoms. The molecule has 0 aliphatic rings. The molecule has 0 heterocycles. The Kier molecular flexibility index (Phi) is 6.18. The third-order valence-electron chi connectivity index (χ3n) is 3.99. The van der Waals surface area contributed by atoms with Crippen molar-refractivity contribution in [2.24, 2.45) is 0 Å². The highest BCUT2D eigenvalue weighted by Gasteiger charge is 2.17. The number of carbonyl (C=O) groups excluding carboxylic acids is 2. The van der Waals surface area contributed by atoms with E-state index in [-0.39, 0.29) is 24.9 Å². The normalized spacial score (nSPS) is 10.5. The number of likely N-dealkylation sites (N-methyl/N-ethyl adjacent to an activating group) is 3. The minimum absolute atomic E-state index is 0.0561. The number of hydrogen-bond donors (Lipinski definition) is 1. The van der Waals surface area contributed by atoms with Crippen molar-refractivity contribution >= 4 is 28.3 Å². The molecule has 0 atom stereocenters. The van der Waals surface area contributed by atoms with Gasteiger partial charge in [-0.05, 0) is 36.8 Å². The third kappa shape index (κ3) is 4.47. The molecular weight excluding hydrogens is 302 g/mol. The highest BCUT2D eigenvalue weighted by Crippen LogP contribution is 2.21. The van der Waals surface area contributed by atoms with Crippen LogP contribution in [0, 0.1) is 0 Å². The van der Waals surface area contributed by atoms with Gasteiger partial charge in [-0.3, -0.25) is 9.59 Å². The van der Waals surface area contributed by atoms with Crippen molar-refractivity contribution in [1.29, 1.82) is 0 Å². The molecule has 2 amide bonds. The number of rotatable bonds is 7. The minimum atomic E-state index is -0.124. The first-order chi connectivity index (χ1) is 11.5. The van der Waals surface area contributed by atoms with E-state index >= 15 is 0 Å². The quantitative estimate of drug-likeness (QED) is 0.849. The van der Waals surface area contributed by atoms with Gasteiger partial charge in [-0.2, -0.15) is 0 Å². The van der Waals surface area contributed by atoms with Gasteiger partial charge < -0.3 is 15.1 Å². The number of benzene rings is 2. The topological polar surface area (TPSA) is 52.7 Å². The molecule has 2 aromatic carbocycles. The van der Waals surface area contributed by atoms with Gasteiger partial charge in [0.1, 0.15) is 0 Å². The standard InChI is InChI=1S/C19H25N3O2/c1-4-20-18(23)13-22(5-2)19(24)14-21(3)17-11-10-15-8-6-7-9-16(15)12-17/h6-12H,4-5,13-14H2,1-3H3,(H,20,23). The van der Waals surface area contributed by atoms with Crippen molar-refractivity contribution in [3.8, 4) is 0 Å². The van der Waals surface area contributed by atoms with Gasteiger partial charge in [0.05, 0.1) is 13.1 Å². The van der Waals surface area contributed by atoms with Crippen LogP contribution in [0.2, 0.25) is 0 Å². The van der Waals surface area contributed by atoms with E-state index in [0.29, 0.717) is 13.1 Å². The predicted octanol–water partition coefficient (Wildman–Crippen LogP) is 2.26. The highest BCUT2D eigenvalue weighted by atomic mass is 16.2. The number of hydrogen-bond acceptors (Lipinski definition) is 3. The maximum Gasteiger partial charge on any atom is 0.242 e. The Balaban J connectivity index is 2.04. The van der Waals surface area contributed by atoms with E-state index in [4.69, 9.17) is 0 Å². The summed E-state index contributed by atoms with van der Waals surface area (Å²) in [5.41, 5.74) is 0.983. The van der Waals surface area contributed by atoms with E-state index in [1.807, 2.05) is 44.0 Å². The number of fused-ring (bicyclic) bond motifs is 1. The fourth-order valence-electron chi connectivity index (χ4n) is 2.61. The lowest BCUT2D eigenvalue weighted by molar-refractivity contribution is -0.134. The van der Waals surface area contributed by atoms with Crippen molar-refractivity contribution in [1.82, 2.24) is 10.2 Å². The first-order valence-corrected chi connectivity index (χ1v) is 8.29. The summed E-state index contributed by atoms with van der Waals surface area (Å²) in [4.78, 5) is 27.6. The summed E-state index contributed by atoms with van der Waals surface area (Å²) >= 11 is 0. The van der Waals surface area contributed by atoms with Gasteiger partial charge >= 0.3 is 0 Å². The van der Waals surface area contributed by atoms with Crippen LogP contribution < -0.4 is 10.2 Å². The van der Waals surface area contributed by atoms with E-state index in [1.165, 1.54) is 5.39 Å². The van der Waals surface area contributed by atoms with Crippen LogP contribution in [-0.2, 0) is 9.59 Å². The highest BCUT2D eigenvalue weighted by molar-refractivity contribution is 5.89. The van der Waals surface area contributed by atoms with Crippen molar-refractivity contribution < 1.29 is 9.59 Å². The monoisotopic (exact) mass is 327 g/mol. The van der Waals surface area contributed by atoms with Crippen LogP contribution in [0.5, 0.6) is 0 Å². The summed E-state index contributed by atoms with van der Waals surface area (Å²) in [7, 11) is 1.89. The minimum Gasteiger partial charge on any atom is -0.365 e. The molecule has 0 aromatic heterocycles. The third-order valence-corrected chi connectivity index (χ3v) is 3.99. The smallest absolute Gasteiger partial charge is 0.242 e. The Morgan fingerprint density at radius 3 is 2.38 bits per heavy atom. The summed E-state index contributed by atoms with van der Waals surface area (Å²) in [6, 6.07) is 14.3. The number of nitrogens with zero attached hydrogens (tertiary/aromatic N) is 2. The van der Waals surface area contributed by atoms with E-state index in [9.17, 15) is 9.59 Å². The zero-order valence-electron chi connectivity index (χ0n) is 14.6. The number of carbonyl (C=O) groups is 2. The predicted molar refractivity (Wildman–Crippen MR) is 98.2 cm³/mol. The van der Waals surface area contributed by atoms with Crippen LogP contribution in [0.15, 0.2) is 42.5 Å². The number of anilines is 1. The molecule has 0 unspecified atom stereocenters. The summed E-state index contributed by atoms with van der Waals surface area (Å²) < 4.78 is 0. The first-order valence-electron chi connectivity index (χ1n) is 8.29. The SMILES string of the molecule is CCNC(=O)CN(CC)C(=O)CN(C)c1ccc2ccccc2c1. The summed E-state index contributed by atoms with van der Waals surface area (Å²) in [6.07, 6.45) is 0. The molecule has 2 aromatic rings. The molecule has 0 saturated carbocycles. The average Bonchev–Trinajstić information content (AvgIpc) is 2.59. The lowest BCUT2D eigenvalue weighted by Gasteiger charge is -2.25. The van der Waals surface area contributed by atoms with Crippen molar-refractivity contribution in [2.45, 2.75) is 13.8 Å². The van der Waals surface area contributed by atoms with Crippen molar-refractivity contribution in [3.05, 3.63) is 42.5 Å². The molecule has 0 aliphatic carbocycles. The van der Waals surface area contributed by atoms with E-state index in [2.05, 4.69) is 29.6 Å². The molecule has 0 aliphatic heterocycles. The number of amides is 2. The Labute approximate surface area is 143 Å². The zero-order chi connectivity index (χ0) is 17.5. The molecule has 5 heteroatoms. The molecule has 5 nitrogen and oxygen atoms in total. The average molecular weight is 327 g/mol. The fraction of sp³-hybridized carbons (Fsp3) is 0.368. The van der Waals surface area contributed by atoms with E-state index in [0.717, 1.165) is 11.1 Å². The van der Waals surface area contributed by atoms with E-state index in [1.54, 1.807) is 4.90 Å². The zero-order valence-corrected chi connectivity index (χ0v) is 14.6. The van der Waals surface area contributed by atoms with Crippen LogP contribution >= 0.6 is 0 Å². The molecule has 0 bridgehead atoms.